The molecule has 0 radical (unpaired) electrons. The highest BCUT2D eigenvalue weighted by Gasteiger charge is 2.29. The highest BCUT2D eigenvalue weighted by Crippen LogP contribution is 2.28. The molecular weight excluding hydrogens is 577 g/mol. The van der Waals surface area contributed by atoms with Crippen molar-refractivity contribution in [3.63, 3.8) is 0 Å². The third-order valence-corrected chi connectivity index (χ3v) is 7.09. The van der Waals surface area contributed by atoms with Crippen molar-refractivity contribution < 1.29 is 32.2 Å². The van der Waals surface area contributed by atoms with E-state index in [1.54, 1.807) is 18.2 Å². The Balaban J connectivity index is 1.62. The predicted molar refractivity (Wildman–Crippen MR) is 161 cm³/mol. The summed E-state index contributed by atoms with van der Waals surface area (Å²) in [5.41, 5.74) is 1.64. The number of carbonyl (C=O) groups excluding carboxylic acids is 1. The van der Waals surface area contributed by atoms with Gasteiger partial charge in [-0.3, -0.25) is 4.79 Å². The number of amides is 1. The van der Waals surface area contributed by atoms with Gasteiger partial charge in [0, 0.05) is 24.8 Å². The fraction of sp³-hybridized carbons (Fsp3) is 0.484. The number of hydrogen-bond donors (Lipinski definition) is 3. The Labute approximate surface area is 255 Å². The van der Waals surface area contributed by atoms with Crippen LogP contribution in [0.15, 0.2) is 42.5 Å². The molecule has 0 fully saturated rings. The Bertz CT molecular complexity index is 1390. The number of fused-ring (bicyclic) bond motifs is 10. The van der Waals surface area contributed by atoms with Crippen LogP contribution >= 0.6 is 0 Å². The number of benzene rings is 2. The predicted octanol–water partition coefficient (Wildman–Crippen LogP) is 6.67. The lowest BCUT2D eigenvalue weighted by Crippen LogP contribution is -2.33. The maximum Gasteiger partial charge on any atom is 0.422 e. The summed E-state index contributed by atoms with van der Waals surface area (Å²) in [5, 5.41) is 8.99. The molecule has 2 aliphatic rings. The maximum absolute atomic E-state index is 13.1. The van der Waals surface area contributed by atoms with E-state index in [1.165, 1.54) is 0 Å². The van der Waals surface area contributed by atoms with E-state index in [0.717, 1.165) is 43.4 Å². The summed E-state index contributed by atoms with van der Waals surface area (Å²) in [4.78, 5) is 25.5. The smallest absolute Gasteiger partial charge is 0.422 e. The third-order valence-electron chi connectivity index (χ3n) is 7.09. The maximum atomic E-state index is 13.1. The summed E-state index contributed by atoms with van der Waals surface area (Å²) in [7, 11) is 0. The number of carbonyl (C=O) groups is 1. The Kier molecular flexibility index (Phi) is 11.1. The molecule has 1 aromatic heterocycles. The van der Waals surface area contributed by atoms with E-state index < -0.39 is 18.8 Å². The van der Waals surface area contributed by atoms with E-state index in [1.807, 2.05) is 24.3 Å². The first-order valence-electron chi connectivity index (χ1n) is 14.7. The number of anilines is 3. The minimum absolute atomic E-state index is 0.0110. The lowest BCUT2D eigenvalue weighted by Gasteiger charge is -2.23. The van der Waals surface area contributed by atoms with Crippen molar-refractivity contribution in [2.45, 2.75) is 65.6 Å². The molecule has 0 saturated heterocycles. The van der Waals surface area contributed by atoms with Gasteiger partial charge in [0.25, 0.3) is 5.91 Å². The van der Waals surface area contributed by atoms with Gasteiger partial charge in [0.1, 0.15) is 11.5 Å². The van der Waals surface area contributed by atoms with Crippen LogP contribution in [0.25, 0.3) is 0 Å². The van der Waals surface area contributed by atoms with Crippen LogP contribution in [0.4, 0.5) is 30.8 Å². The van der Waals surface area contributed by atoms with E-state index in [4.69, 9.17) is 14.2 Å². The highest BCUT2D eigenvalue weighted by atomic mass is 19.4. The molecule has 0 aliphatic carbocycles. The number of aromatic nitrogens is 3. The van der Waals surface area contributed by atoms with Gasteiger partial charge >= 0.3 is 12.2 Å². The second-order valence-electron chi connectivity index (χ2n) is 11.3. The average Bonchev–Trinajstić information content (AvgIpc) is 2.99. The molecule has 0 saturated carbocycles. The number of ether oxygens (including phenoxy) is 3. The fourth-order valence-electron chi connectivity index (χ4n) is 4.09. The summed E-state index contributed by atoms with van der Waals surface area (Å²) in [6.07, 6.45) is -0.125. The first-order chi connectivity index (χ1) is 21.0. The molecular formula is C31H39F3N6O4. The molecule has 5 rings (SSSR count). The third kappa shape index (κ3) is 10.5. The summed E-state index contributed by atoms with van der Waals surface area (Å²) >= 11 is 0. The van der Waals surface area contributed by atoms with E-state index in [0.29, 0.717) is 43.3 Å². The van der Waals surface area contributed by atoms with Gasteiger partial charge in [0.2, 0.25) is 11.9 Å². The molecule has 1 amide bonds. The second kappa shape index (κ2) is 14.9. The molecule has 238 valence electrons. The largest absolute Gasteiger partial charge is 0.494 e. The number of nitrogens with one attached hydrogen (secondary N) is 3. The van der Waals surface area contributed by atoms with E-state index in [-0.39, 0.29) is 23.2 Å². The Morgan fingerprint density at radius 2 is 1.66 bits per heavy atom. The summed E-state index contributed by atoms with van der Waals surface area (Å²) in [6, 6.07) is 11.9. The van der Waals surface area contributed by atoms with Crippen molar-refractivity contribution in [3.8, 4) is 17.5 Å². The van der Waals surface area contributed by atoms with Gasteiger partial charge in [-0.05, 0) is 67.3 Å². The standard InChI is InChI=1S/C31H39F3N6O4/c1-4-30(2,3)19-36-26(41)24-14-11-22-17-25(24)43-16-8-6-5-7-15-42-23-12-9-21(10-13-23)18-35-27-38-28(37-22)40-29(39-27)44-20-31(32,33)34/h9-14,17H,4-8,15-16,18-20H2,1-3H3,(H,36,41)(H2,35,37,38,39,40). The zero-order chi connectivity index (χ0) is 31.6. The van der Waals surface area contributed by atoms with Gasteiger partial charge in [0.05, 0.1) is 18.8 Å². The molecule has 2 aliphatic heterocycles. The van der Waals surface area contributed by atoms with Crippen molar-refractivity contribution in [1.29, 1.82) is 0 Å². The van der Waals surface area contributed by atoms with Crippen LogP contribution in [0, 0.1) is 5.41 Å². The van der Waals surface area contributed by atoms with Crippen molar-refractivity contribution in [2.75, 3.05) is 37.0 Å². The number of nitrogens with zero attached hydrogens (tertiary/aromatic N) is 3. The molecule has 0 spiro atoms. The normalized spacial score (nSPS) is 14.6. The van der Waals surface area contributed by atoms with Gasteiger partial charge in [-0.15, -0.1) is 0 Å². The average molecular weight is 617 g/mol. The summed E-state index contributed by atoms with van der Waals surface area (Å²) in [5.74, 6) is 0.791. The number of alkyl halides is 3. The van der Waals surface area contributed by atoms with Gasteiger partial charge in [-0.25, -0.2) is 0 Å². The van der Waals surface area contributed by atoms with Crippen LogP contribution in [-0.2, 0) is 6.54 Å². The summed E-state index contributed by atoms with van der Waals surface area (Å²) in [6.45, 7) is 6.42. The van der Waals surface area contributed by atoms with Crippen LogP contribution in [0.3, 0.4) is 0 Å². The van der Waals surface area contributed by atoms with Crippen LogP contribution in [-0.4, -0.2) is 53.4 Å². The van der Waals surface area contributed by atoms with Crippen molar-refractivity contribution >= 4 is 23.5 Å². The van der Waals surface area contributed by atoms with Gasteiger partial charge in [-0.1, -0.05) is 32.9 Å². The lowest BCUT2D eigenvalue weighted by atomic mass is 9.90. The molecule has 13 heteroatoms. The quantitative estimate of drug-likeness (QED) is 0.279. The molecule has 10 nitrogen and oxygen atoms in total. The Hall–Kier alpha value is -4.29. The van der Waals surface area contributed by atoms with Gasteiger partial charge in [0.15, 0.2) is 6.61 Å². The first kappa shape index (κ1) is 32.6. The van der Waals surface area contributed by atoms with E-state index >= 15 is 0 Å². The molecule has 2 aromatic carbocycles. The molecule has 3 N–H and O–H groups in total. The molecule has 0 unspecified atom stereocenters. The molecule has 44 heavy (non-hydrogen) atoms. The monoisotopic (exact) mass is 616 g/mol. The fourth-order valence-corrected chi connectivity index (χ4v) is 4.09. The number of rotatable bonds is 6. The topological polar surface area (TPSA) is 120 Å². The zero-order valence-electron chi connectivity index (χ0n) is 25.2. The van der Waals surface area contributed by atoms with Crippen LogP contribution in [0.2, 0.25) is 0 Å². The minimum atomic E-state index is -4.58. The minimum Gasteiger partial charge on any atom is -0.494 e. The molecule has 3 heterocycles. The molecule has 6 bridgehead atoms. The first-order valence-corrected chi connectivity index (χ1v) is 14.7. The SMILES string of the molecule is CCC(C)(C)CNC(=O)c1ccc2cc1OCCCCCCOc1ccc(cc1)CNc1nc(nc(OCC(F)(F)F)n1)N2. The van der Waals surface area contributed by atoms with Gasteiger partial charge < -0.3 is 30.2 Å². The number of halogens is 3. The van der Waals surface area contributed by atoms with Crippen molar-refractivity contribution in [2.24, 2.45) is 5.41 Å². The van der Waals surface area contributed by atoms with Crippen molar-refractivity contribution in [3.05, 3.63) is 53.6 Å². The van der Waals surface area contributed by atoms with Crippen LogP contribution < -0.4 is 30.2 Å². The van der Waals surface area contributed by atoms with Gasteiger partial charge in [-0.2, -0.15) is 28.1 Å². The summed E-state index contributed by atoms with van der Waals surface area (Å²) < 4.78 is 55.4. The lowest BCUT2D eigenvalue weighted by molar-refractivity contribution is -0.154. The highest BCUT2D eigenvalue weighted by molar-refractivity contribution is 5.97. The van der Waals surface area contributed by atoms with Crippen molar-refractivity contribution in [1.82, 2.24) is 20.3 Å². The van der Waals surface area contributed by atoms with E-state index in [9.17, 15) is 18.0 Å². The Morgan fingerprint density at radius 1 is 0.955 bits per heavy atom. The molecule has 0 atom stereocenters. The Morgan fingerprint density at radius 3 is 2.36 bits per heavy atom. The second-order valence-corrected chi connectivity index (χ2v) is 11.3. The van der Waals surface area contributed by atoms with E-state index in [2.05, 4.69) is 51.7 Å². The molecule has 3 aromatic rings. The zero-order valence-corrected chi connectivity index (χ0v) is 25.2. The van der Waals surface area contributed by atoms with Crippen LogP contribution in [0.1, 0.15) is 68.8 Å². The number of hydrogen-bond acceptors (Lipinski definition) is 9. The van der Waals surface area contributed by atoms with Crippen LogP contribution in [0.5, 0.6) is 17.5 Å².